The van der Waals surface area contributed by atoms with Crippen LogP contribution in [0.1, 0.15) is 42.6 Å². The van der Waals surface area contributed by atoms with E-state index in [9.17, 15) is 4.79 Å². The third-order valence-corrected chi connectivity index (χ3v) is 4.47. The van der Waals surface area contributed by atoms with Crippen LogP contribution in [-0.2, 0) is 11.2 Å². The normalized spacial score (nSPS) is 22.6. The van der Waals surface area contributed by atoms with E-state index in [-0.39, 0.29) is 5.92 Å². The van der Waals surface area contributed by atoms with Crippen molar-refractivity contribution in [3.05, 3.63) is 29.2 Å². The zero-order chi connectivity index (χ0) is 15.0. The van der Waals surface area contributed by atoms with Crippen molar-refractivity contribution in [3.8, 4) is 0 Å². The van der Waals surface area contributed by atoms with Crippen LogP contribution in [0.3, 0.4) is 0 Å². The molecule has 3 rings (SSSR count). The number of hydrogen-bond donors (Lipinski definition) is 1. The molecule has 0 unspecified atom stereocenters. The number of fused-ring (bicyclic) bond motifs is 1. The van der Waals surface area contributed by atoms with Gasteiger partial charge in [-0.15, -0.1) is 0 Å². The summed E-state index contributed by atoms with van der Waals surface area (Å²) in [6.07, 6.45) is 6.45. The maximum Gasteiger partial charge on any atom is 0.306 e. The number of aryl methyl sites for hydroxylation is 2. The summed E-state index contributed by atoms with van der Waals surface area (Å²) < 4.78 is 1.86. The molecule has 1 saturated carbocycles. The number of aliphatic carboxylic acids is 1. The molecule has 5 nitrogen and oxygen atoms in total. The predicted octanol–water partition coefficient (Wildman–Crippen LogP) is 2.78. The maximum atomic E-state index is 11.0. The van der Waals surface area contributed by atoms with Crippen LogP contribution in [0.15, 0.2) is 12.3 Å². The van der Waals surface area contributed by atoms with Gasteiger partial charge in [-0.25, -0.2) is 9.50 Å². The lowest BCUT2D eigenvalue weighted by Crippen LogP contribution is -2.22. The zero-order valence-electron chi connectivity index (χ0n) is 12.5. The molecule has 0 bridgehead atoms. The number of nitrogens with zero attached hydrogens (tertiary/aromatic N) is 3. The SMILES string of the molecule is Cc1cn2nc(CC3CCC(C(=O)O)CC3)cc(C)c2n1. The maximum absolute atomic E-state index is 11.0. The van der Waals surface area contributed by atoms with Crippen LogP contribution in [0.25, 0.3) is 5.65 Å². The summed E-state index contributed by atoms with van der Waals surface area (Å²) in [6.45, 7) is 4.04. The number of carboxylic acid groups (broad SMARTS) is 1. The fourth-order valence-corrected chi connectivity index (χ4v) is 3.32. The summed E-state index contributed by atoms with van der Waals surface area (Å²) in [5.41, 5.74) is 4.12. The van der Waals surface area contributed by atoms with E-state index in [4.69, 9.17) is 5.11 Å². The summed E-state index contributed by atoms with van der Waals surface area (Å²) in [6, 6.07) is 2.12. The highest BCUT2D eigenvalue weighted by Gasteiger charge is 2.26. The number of rotatable bonds is 3. The van der Waals surface area contributed by atoms with E-state index < -0.39 is 5.97 Å². The van der Waals surface area contributed by atoms with Gasteiger partial charge in [0.1, 0.15) is 0 Å². The van der Waals surface area contributed by atoms with Crippen LogP contribution in [0.4, 0.5) is 0 Å². The first-order valence-electron chi connectivity index (χ1n) is 7.58. The van der Waals surface area contributed by atoms with Gasteiger partial charge >= 0.3 is 5.97 Å². The van der Waals surface area contributed by atoms with Gasteiger partial charge in [-0.05, 0) is 63.5 Å². The van der Waals surface area contributed by atoms with E-state index in [1.54, 1.807) is 0 Å². The lowest BCUT2D eigenvalue weighted by Gasteiger charge is -2.25. The molecule has 0 radical (unpaired) electrons. The molecule has 0 aromatic carbocycles. The molecular weight excluding hydrogens is 266 g/mol. The lowest BCUT2D eigenvalue weighted by molar-refractivity contribution is -0.143. The van der Waals surface area contributed by atoms with E-state index in [0.29, 0.717) is 5.92 Å². The molecule has 0 amide bonds. The zero-order valence-corrected chi connectivity index (χ0v) is 12.5. The highest BCUT2D eigenvalue weighted by molar-refractivity contribution is 5.70. The Hall–Kier alpha value is -1.91. The minimum absolute atomic E-state index is 0.144. The van der Waals surface area contributed by atoms with Crippen molar-refractivity contribution in [1.82, 2.24) is 14.6 Å². The Morgan fingerprint density at radius 2 is 2.05 bits per heavy atom. The molecule has 1 N–H and O–H groups in total. The second-order valence-corrected chi connectivity index (χ2v) is 6.23. The van der Waals surface area contributed by atoms with Gasteiger partial charge in [0.05, 0.1) is 23.5 Å². The average molecular weight is 287 g/mol. The van der Waals surface area contributed by atoms with Crippen molar-refractivity contribution in [1.29, 1.82) is 0 Å². The minimum Gasteiger partial charge on any atom is -0.481 e. The molecule has 0 atom stereocenters. The molecule has 2 aromatic rings. The molecule has 5 heteroatoms. The van der Waals surface area contributed by atoms with Gasteiger partial charge in [-0.3, -0.25) is 4.79 Å². The van der Waals surface area contributed by atoms with E-state index in [1.807, 2.05) is 17.6 Å². The van der Waals surface area contributed by atoms with Gasteiger partial charge in [-0.2, -0.15) is 5.10 Å². The highest BCUT2D eigenvalue weighted by Crippen LogP contribution is 2.31. The van der Waals surface area contributed by atoms with Gasteiger partial charge in [0.15, 0.2) is 5.65 Å². The third kappa shape index (κ3) is 2.91. The molecule has 21 heavy (non-hydrogen) atoms. The minimum atomic E-state index is -0.641. The largest absolute Gasteiger partial charge is 0.481 e. The van der Waals surface area contributed by atoms with Gasteiger partial charge in [-0.1, -0.05) is 0 Å². The Kier molecular flexibility index (Phi) is 3.66. The lowest BCUT2D eigenvalue weighted by atomic mass is 9.80. The third-order valence-electron chi connectivity index (χ3n) is 4.47. The van der Waals surface area contributed by atoms with Crippen molar-refractivity contribution in [2.45, 2.75) is 46.0 Å². The number of hydrogen-bond acceptors (Lipinski definition) is 3. The Balaban J connectivity index is 1.72. The number of imidazole rings is 1. The average Bonchev–Trinajstić information content (AvgIpc) is 2.80. The van der Waals surface area contributed by atoms with Crippen molar-refractivity contribution < 1.29 is 9.90 Å². The van der Waals surface area contributed by atoms with Crippen LogP contribution in [0.2, 0.25) is 0 Å². The first-order valence-corrected chi connectivity index (χ1v) is 7.58. The van der Waals surface area contributed by atoms with Crippen molar-refractivity contribution in [3.63, 3.8) is 0 Å². The fraction of sp³-hybridized carbons (Fsp3) is 0.562. The van der Waals surface area contributed by atoms with Crippen LogP contribution < -0.4 is 0 Å². The van der Waals surface area contributed by atoms with Gasteiger partial charge in [0.2, 0.25) is 0 Å². The van der Waals surface area contributed by atoms with Crippen molar-refractivity contribution >= 4 is 11.6 Å². The highest BCUT2D eigenvalue weighted by atomic mass is 16.4. The van der Waals surface area contributed by atoms with E-state index in [0.717, 1.165) is 54.7 Å². The smallest absolute Gasteiger partial charge is 0.306 e. The first-order chi connectivity index (χ1) is 10.0. The molecule has 2 heterocycles. The van der Waals surface area contributed by atoms with Crippen LogP contribution >= 0.6 is 0 Å². The van der Waals surface area contributed by atoms with Crippen LogP contribution in [0.5, 0.6) is 0 Å². The second-order valence-electron chi connectivity index (χ2n) is 6.23. The summed E-state index contributed by atoms with van der Waals surface area (Å²) in [5, 5.41) is 13.7. The Morgan fingerprint density at radius 3 is 2.71 bits per heavy atom. The van der Waals surface area contributed by atoms with Gasteiger partial charge in [0.25, 0.3) is 0 Å². The molecule has 1 fully saturated rings. The summed E-state index contributed by atoms with van der Waals surface area (Å²) in [7, 11) is 0. The summed E-state index contributed by atoms with van der Waals surface area (Å²) in [5.74, 6) is -0.234. The number of aromatic nitrogens is 3. The van der Waals surface area contributed by atoms with Crippen molar-refractivity contribution in [2.75, 3.05) is 0 Å². The second kappa shape index (κ2) is 5.47. The van der Waals surface area contributed by atoms with E-state index in [2.05, 4.69) is 23.1 Å². The standard InChI is InChI=1S/C16H21N3O2/c1-10-7-14(18-19-9-11(2)17-15(10)19)8-12-3-5-13(6-4-12)16(20)21/h7,9,12-13H,3-6,8H2,1-2H3,(H,20,21). The molecule has 2 aromatic heterocycles. The van der Waals surface area contributed by atoms with Gasteiger partial charge in [0, 0.05) is 0 Å². The topological polar surface area (TPSA) is 67.5 Å². The van der Waals surface area contributed by atoms with Gasteiger partial charge < -0.3 is 5.11 Å². The Morgan fingerprint density at radius 1 is 1.33 bits per heavy atom. The monoisotopic (exact) mass is 287 g/mol. The summed E-state index contributed by atoms with van der Waals surface area (Å²) in [4.78, 5) is 15.5. The quantitative estimate of drug-likeness (QED) is 0.942. The van der Waals surface area contributed by atoms with Crippen molar-refractivity contribution in [2.24, 2.45) is 11.8 Å². The molecular formula is C16H21N3O2. The molecule has 0 saturated heterocycles. The summed E-state index contributed by atoms with van der Waals surface area (Å²) >= 11 is 0. The van der Waals surface area contributed by atoms with E-state index in [1.165, 1.54) is 0 Å². The molecule has 0 spiro atoms. The molecule has 1 aliphatic rings. The van der Waals surface area contributed by atoms with Crippen LogP contribution in [0, 0.1) is 25.7 Å². The molecule has 112 valence electrons. The van der Waals surface area contributed by atoms with Crippen LogP contribution in [-0.4, -0.2) is 25.7 Å². The first kappa shape index (κ1) is 14.0. The molecule has 1 aliphatic carbocycles. The Bertz CT molecular complexity index is 669. The fourth-order valence-electron chi connectivity index (χ4n) is 3.32. The van der Waals surface area contributed by atoms with E-state index >= 15 is 0 Å². The predicted molar refractivity (Wildman–Crippen MR) is 79.2 cm³/mol. The Labute approximate surface area is 124 Å². The number of carbonyl (C=O) groups is 1. The molecule has 0 aliphatic heterocycles. The number of carboxylic acids is 1.